The Hall–Kier alpha value is -1.66. The zero-order valence-corrected chi connectivity index (χ0v) is 12.5. The smallest absolute Gasteiger partial charge is 0.231 e. The Labute approximate surface area is 129 Å². The van der Waals surface area contributed by atoms with Crippen molar-refractivity contribution < 1.29 is 18.3 Å². The Bertz CT molecular complexity index is 679. The average Bonchev–Trinajstić information content (AvgIpc) is 2.90. The van der Waals surface area contributed by atoms with Crippen molar-refractivity contribution in [2.75, 3.05) is 6.79 Å². The molecule has 0 amide bonds. The highest BCUT2D eigenvalue weighted by atomic mass is 79.9. The van der Waals surface area contributed by atoms with Gasteiger partial charge in [0.25, 0.3) is 0 Å². The van der Waals surface area contributed by atoms with Gasteiger partial charge < -0.3 is 14.8 Å². The third-order valence-corrected chi connectivity index (χ3v) is 3.92. The fourth-order valence-corrected chi connectivity index (χ4v) is 2.57. The molecule has 0 unspecified atom stereocenters. The van der Waals surface area contributed by atoms with Crippen LogP contribution in [-0.2, 0) is 13.1 Å². The minimum atomic E-state index is -0.447. The predicted molar refractivity (Wildman–Crippen MR) is 77.2 cm³/mol. The molecule has 1 aliphatic rings. The molecule has 2 aromatic rings. The lowest BCUT2D eigenvalue weighted by atomic mass is 10.1. The zero-order valence-electron chi connectivity index (χ0n) is 11.0. The lowest BCUT2D eigenvalue weighted by molar-refractivity contribution is 0.174. The maximum Gasteiger partial charge on any atom is 0.231 e. The summed E-state index contributed by atoms with van der Waals surface area (Å²) in [6.45, 7) is 0.949. The molecule has 2 aromatic carbocycles. The van der Waals surface area contributed by atoms with Gasteiger partial charge in [-0.15, -0.1) is 0 Å². The summed E-state index contributed by atoms with van der Waals surface area (Å²) < 4.78 is 38.0. The van der Waals surface area contributed by atoms with Gasteiger partial charge in [-0.25, -0.2) is 8.78 Å². The highest BCUT2D eigenvalue weighted by Gasteiger charge is 2.16. The summed E-state index contributed by atoms with van der Waals surface area (Å²) in [5.41, 5.74) is 1.25. The normalized spacial score (nSPS) is 12.7. The highest BCUT2D eigenvalue weighted by molar-refractivity contribution is 9.10. The molecule has 6 heteroatoms. The van der Waals surface area contributed by atoms with Crippen LogP contribution in [-0.4, -0.2) is 6.79 Å². The molecule has 21 heavy (non-hydrogen) atoms. The maximum absolute atomic E-state index is 13.5. The molecule has 0 radical (unpaired) electrons. The van der Waals surface area contributed by atoms with E-state index in [2.05, 4.69) is 21.2 Å². The number of ether oxygens (including phenoxy) is 2. The number of hydrogen-bond acceptors (Lipinski definition) is 3. The first kappa shape index (κ1) is 14.3. The van der Waals surface area contributed by atoms with Crippen molar-refractivity contribution in [2.45, 2.75) is 13.1 Å². The lowest BCUT2D eigenvalue weighted by Gasteiger charge is -2.09. The largest absolute Gasteiger partial charge is 0.454 e. The average molecular weight is 356 g/mol. The quantitative estimate of drug-likeness (QED) is 0.905. The van der Waals surface area contributed by atoms with E-state index in [1.54, 1.807) is 0 Å². The molecule has 0 atom stereocenters. The Balaban J connectivity index is 1.67. The predicted octanol–water partition coefficient (Wildman–Crippen LogP) is 3.75. The van der Waals surface area contributed by atoms with Gasteiger partial charge in [0.05, 0.1) is 0 Å². The molecule has 0 saturated carbocycles. The van der Waals surface area contributed by atoms with Crippen LogP contribution in [0.15, 0.2) is 34.8 Å². The van der Waals surface area contributed by atoms with E-state index in [1.165, 1.54) is 6.07 Å². The third-order valence-electron chi connectivity index (χ3n) is 3.18. The molecule has 0 spiro atoms. The van der Waals surface area contributed by atoms with Gasteiger partial charge in [0.15, 0.2) is 11.5 Å². The van der Waals surface area contributed by atoms with Crippen molar-refractivity contribution in [1.82, 2.24) is 5.32 Å². The van der Waals surface area contributed by atoms with Crippen molar-refractivity contribution >= 4 is 15.9 Å². The van der Waals surface area contributed by atoms with Crippen LogP contribution in [0.5, 0.6) is 11.5 Å². The summed E-state index contributed by atoms with van der Waals surface area (Å²) in [6, 6.07) is 7.12. The van der Waals surface area contributed by atoms with Crippen molar-refractivity contribution in [3.63, 3.8) is 0 Å². The van der Waals surface area contributed by atoms with Crippen LogP contribution in [0.3, 0.4) is 0 Å². The minimum absolute atomic E-state index is 0.215. The Kier molecular flexibility index (Phi) is 4.07. The van der Waals surface area contributed by atoms with E-state index in [1.807, 2.05) is 12.1 Å². The van der Waals surface area contributed by atoms with E-state index < -0.39 is 11.6 Å². The van der Waals surface area contributed by atoms with Gasteiger partial charge in [-0.2, -0.15) is 0 Å². The fraction of sp³-hybridized carbons (Fsp3) is 0.200. The summed E-state index contributed by atoms with van der Waals surface area (Å²) in [7, 11) is 0. The van der Waals surface area contributed by atoms with E-state index in [4.69, 9.17) is 9.47 Å². The van der Waals surface area contributed by atoms with Crippen molar-refractivity contribution in [3.05, 3.63) is 57.6 Å². The van der Waals surface area contributed by atoms with Gasteiger partial charge in [-0.05, 0) is 35.9 Å². The molecule has 0 aliphatic carbocycles. The first-order chi connectivity index (χ1) is 10.1. The molecule has 1 heterocycles. The standard InChI is InChI=1S/C15H12BrF2NO2/c16-12-5-15-14(20-8-21-15)4-9(12)6-19-7-10-3-11(17)1-2-13(10)18/h1-5,19H,6-8H2. The number of rotatable bonds is 4. The second kappa shape index (κ2) is 5.99. The van der Waals surface area contributed by atoms with Gasteiger partial charge in [-0.3, -0.25) is 0 Å². The lowest BCUT2D eigenvalue weighted by Crippen LogP contribution is -2.14. The molecule has 0 fully saturated rings. The summed E-state index contributed by atoms with van der Waals surface area (Å²) in [5.74, 6) is 0.514. The molecular weight excluding hydrogens is 344 g/mol. The number of hydrogen-bond donors (Lipinski definition) is 1. The number of fused-ring (bicyclic) bond motifs is 1. The van der Waals surface area contributed by atoms with Crippen LogP contribution < -0.4 is 14.8 Å². The summed E-state index contributed by atoms with van der Waals surface area (Å²) in [5, 5.41) is 3.08. The molecule has 3 rings (SSSR count). The number of benzene rings is 2. The van der Waals surface area contributed by atoms with Crippen LogP contribution in [0.1, 0.15) is 11.1 Å². The first-order valence-electron chi connectivity index (χ1n) is 6.36. The van der Waals surface area contributed by atoms with Crippen molar-refractivity contribution in [2.24, 2.45) is 0 Å². The second-order valence-corrected chi connectivity index (χ2v) is 5.49. The van der Waals surface area contributed by atoms with E-state index in [0.717, 1.165) is 22.2 Å². The number of halogens is 3. The summed E-state index contributed by atoms with van der Waals surface area (Å²) in [4.78, 5) is 0. The van der Waals surface area contributed by atoms with E-state index in [0.29, 0.717) is 23.6 Å². The zero-order chi connectivity index (χ0) is 14.8. The van der Waals surface area contributed by atoms with Crippen LogP contribution >= 0.6 is 15.9 Å². The molecule has 3 nitrogen and oxygen atoms in total. The highest BCUT2D eigenvalue weighted by Crippen LogP contribution is 2.36. The molecule has 110 valence electrons. The maximum atomic E-state index is 13.5. The second-order valence-electron chi connectivity index (χ2n) is 4.64. The number of nitrogens with one attached hydrogen (secondary N) is 1. The Morgan fingerprint density at radius 2 is 1.71 bits per heavy atom. The van der Waals surface area contributed by atoms with Crippen molar-refractivity contribution in [1.29, 1.82) is 0 Å². The molecule has 1 N–H and O–H groups in total. The van der Waals surface area contributed by atoms with E-state index in [9.17, 15) is 8.78 Å². The SMILES string of the molecule is Fc1ccc(F)c(CNCc2cc3c(cc2Br)OCO3)c1. The van der Waals surface area contributed by atoms with Crippen LogP contribution in [0.4, 0.5) is 8.78 Å². The third kappa shape index (κ3) is 3.16. The van der Waals surface area contributed by atoms with Gasteiger partial charge in [0.2, 0.25) is 6.79 Å². The first-order valence-corrected chi connectivity index (χ1v) is 7.15. The minimum Gasteiger partial charge on any atom is -0.454 e. The van der Waals surface area contributed by atoms with Crippen LogP contribution in [0.2, 0.25) is 0 Å². The van der Waals surface area contributed by atoms with E-state index in [-0.39, 0.29) is 13.3 Å². The van der Waals surface area contributed by atoms with Gasteiger partial charge >= 0.3 is 0 Å². The summed E-state index contributed by atoms with van der Waals surface area (Å²) in [6.07, 6.45) is 0. The molecule has 1 aliphatic heterocycles. The van der Waals surface area contributed by atoms with Gasteiger partial charge in [-0.1, -0.05) is 15.9 Å². The molecule has 0 bridgehead atoms. The van der Waals surface area contributed by atoms with Crippen molar-refractivity contribution in [3.8, 4) is 11.5 Å². The Morgan fingerprint density at radius 1 is 1.00 bits per heavy atom. The van der Waals surface area contributed by atoms with Crippen LogP contribution in [0, 0.1) is 11.6 Å². The topological polar surface area (TPSA) is 30.5 Å². The molecule has 0 aromatic heterocycles. The molecular formula is C15H12BrF2NO2. The monoisotopic (exact) mass is 355 g/mol. The van der Waals surface area contributed by atoms with Crippen LogP contribution in [0.25, 0.3) is 0 Å². The summed E-state index contributed by atoms with van der Waals surface area (Å²) >= 11 is 3.45. The molecule has 0 saturated heterocycles. The Morgan fingerprint density at radius 3 is 2.52 bits per heavy atom. The van der Waals surface area contributed by atoms with Gasteiger partial charge in [0, 0.05) is 23.1 Å². The van der Waals surface area contributed by atoms with E-state index >= 15 is 0 Å². The van der Waals surface area contributed by atoms with Gasteiger partial charge in [0.1, 0.15) is 11.6 Å². The fourth-order valence-electron chi connectivity index (χ4n) is 2.11.